The number of carbonyl (C=O) groups is 2. The predicted octanol–water partition coefficient (Wildman–Crippen LogP) is 3.91. The number of hydrogen-bond acceptors (Lipinski definition) is 6. The standard InChI is InChI=1S/C23H24O6/c1-14-5-7-18(11-15(14)2)22(25)16(3)29-21(24)8-6-17-12-19(26-4)23-20(13-17)27-9-10-28-23/h5-8,11-13,16H,9-10H2,1-4H3/b8-6+/t16-/m1/s1. The number of esters is 1. The highest BCUT2D eigenvalue weighted by Crippen LogP contribution is 2.40. The molecule has 1 aliphatic heterocycles. The van der Waals surface area contributed by atoms with Gasteiger partial charge in [-0.1, -0.05) is 12.1 Å². The van der Waals surface area contributed by atoms with Crippen LogP contribution in [0, 0.1) is 13.8 Å². The summed E-state index contributed by atoms with van der Waals surface area (Å²) >= 11 is 0. The molecule has 0 bridgehead atoms. The zero-order valence-corrected chi connectivity index (χ0v) is 17.0. The summed E-state index contributed by atoms with van der Waals surface area (Å²) in [6.07, 6.45) is 1.97. The molecule has 0 saturated carbocycles. The van der Waals surface area contributed by atoms with Gasteiger partial charge in [-0.3, -0.25) is 4.79 Å². The summed E-state index contributed by atoms with van der Waals surface area (Å²) < 4.78 is 21.7. The van der Waals surface area contributed by atoms with Crippen LogP contribution in [-0.4, -0.2) is 38.2 Å². The number of Topliss-reactive ketones (excluding diaryl/α,β-unsaturated/α-hetero) is 1. The van der Waals surface area contributed by atoms with E-state index in [0.717, 1.165) is 11.1 Å². The third kappa shape index (κ3) is 4.77. The molecule has 3 rings (SSSR count). The molecule has 29 heavy (non-hydrogen) atoms. The average molecular weight is 396 g/mol. The number of fused-ring (bicyclic) bond motifs is 1. The minimum atomic E-state index is -0.885. The van der Waals surface area contributed by atoms with Crippen molar-refractivity contribution in [1.29, 1.82) is 0 Å². The topological polar surface area (TPSA) is 71.1 Å². The largest absolute Gasteiger partial charge is 0.493 e. The first-order valence-corrected chi connectivity index (χ1v) is 9.37. The molecule has 152 valence electrons. The van der Waals surface area contributed by atoms with Crippen LogP contribution in [0.15, 0.2) is 36.4 Å². The van der Waals surface area contributed by atoms with Crippen molar-refractivity contribution in [2.24, 2.45) is 0 Å². The van der Waals surface area contributed by atoms with Crippen molar-refractivity contribution in [3.8, 4) is 17.2 Å². The molecule has 0 spiro atoms. The lowest BCUT2D eigenvalue weighted by Gasteiger charge is -2.20. The maximum absolute atomic E-state index is 12.5. The molecule has 2 aromatic rings. The molecule has 0 unspecified atom stereocenters. The number of methoxy groups -OCH3 is 1. The third-order valence-electron chi connectivity index (χ3n) is 4.72. The second-order valence-electron chi connectivity index (χ2n) is 6.82. The van der Waals surface area contributed by atoms with E-state index in [1.807, 2.05) is 19.9 Å². The van der Waals surface area contributed by atoms with Crippen molar-refractivity contribution < 1.29 is 28.5 Å². The van der Waals surface area contributed by atoms with Crippen molar-refractivity contribution >= 4 is 17.8 Å². The molecule has 1 aliphatic rings. The highest BCUT2D eigenvalue weighted by molar-refractivity contribution is 6.01. The molecular weight excluding hydrogens is 372 g/mol. The summed E-state index contributed by atoms with van der Waals surface area (Å²) in [6.45, 7) is 6.38. The lowest BCUT2D eigenvalue weighted by molar-refractivity contribution is -0.140. The number of ether oxygens (including phenoxy) is 4. The van der Waals surface area contributed by atoms with Gasteiger partial charge in [-0.25, -0.2) is 4.79 Å². The van der Waals surface area contributed by atoms with E-state index in [0.29, 0.717) is 41.6 Å². The van der Waals surface area contributed by atoms with Gasteiger partial charge in [0.2, 0.25) is 11.5 Å². The molecule has 0 amide bonds. The molecule has 0 fully saturated rings. The fraction of sp³-hybridized carbons (Fsp3) is 0.304. The molecule has 0 aliphatic carbocycles. The molecule has 0 aromatic heterocycles. The van der Waals surface area contributed by atoms with Crippen LogP contribution in [0.5, 0.6) is 17.2 Å². The van der Waals surface area contributed by atoms with Gasteiger partial charge in [-0.15, -0.1) is 0 Å². The van der Waals surface area contributed by atoms with E-state index in [2.05, 4.69) is 0 Å². The average Bonchev–Trinajstić information content (AvgIpc) is 2.73. The van der Waals surface area contributed by atoms with Crippen molar-refractivity contribution in [2.45, 2.75) is 26.9 Å². The Morgan fingerprint density at radius 1 is 1.07 bits per heavy atom. The smallest absolute Gasteiger partial charge is 0.331 e. The molecule has 6 heteroatoms. The quantitative estimate of drug-likeness (QED) is 0.419. The second-order valence-corrected chi connectivity index (χ2v) is 6.82. The zero-order chi connectivity index (χ0) is 21.0. The first kappa shape index (κ1) is 20.5. The lowest BCUT2D eigenvalue weighted by atomic mass is 10.0. The first-order chi connectivity index (χ1) is 13.9. The molecule has 0 saturated heterocycles. The molecular formula is C23H24O6. The van der Waals surface area contributed by atoms with Gasteiger partial charge in [0.15, 0.2) is 17.6 Å². The minimum Gasteiger partial charge on any atom is -0.493 e. The zero-order valence-electron chi connectivity index (χ0n) is 17.0. The lowest BCUT2D eigenvalue weighted by Crippen LogP contribution is -2.23. The SMILES string of the molecule is COc1cc(/C=C/C(=O)O[C@H](C)C(=O)c2ccc(C)c(C)c2)cc2c1OCCO2. The van der Waals surface area contributed by atoms with Crippen LogP contribution in [0.2, 0.25) is 0 Å². The molecule has 1 heterocycles. The highest BCUT2D eigenvalue weighted by Gasteiger charge is 2.20. The second kappa shape index (κ2) is 8.82. The van der Waals surface area contributed by atoms with E-state index in [1.165, 1.54) is 13.2 Å². The van der Waals surface area contributed by atoms with E-state index in [4.69, 9.17) is 18.9 Å². The van der Waals surface area contributed by atoms with Crippen LogP contribution in [-0.2, 0) is 9.53 Å². The predicted molar refractivity (Wildman–Crippen MR) is 109 cm³/mol. The number of aryl methyl sites for hydroxylation is 2. The molecule has 6 nitrogen and oxygen atoms in total. The Labute approximate surface area is 170 Å². The number of hydrogen-bond donors (Lipinski definition) is 0. The first-order valence-electron chi connectivity index (χ1n) is 9.37. The summed E-state index contributed by atoms with van der Waals surface area (Å²) in [5.74, 6) is 0.779. The van der Waals surface area contributed by atoms with Gasteiger partial charge in [0.1, 0.15) is 13.2 Å². The maximum Gasteiger partial charge on any atom is 0.331 e. The maximum atomic E-state index is 12.5. The summed E-state index contributed by atoms with van der Waals surface area (Å²) in [5, 5.41) is 0. The summed E-state index contributed by atoms with van der Waals surface area (Å²) in [5.41, 5.74) is 3.33. The van der Waals surface area contributed by atoms with Gasteiger partial charge < -0.3 is 18.9 Å². The van der Waals surface area contributed by atoms with Gasteiger partial charge in [0, 0.05) is 11.6 Å². The van der Waals surface area contributed by atoms with Crippen LogP contribution in [0.25, 0.3) is 6.08 Å². The van der Waals surface area contributed by atoms with Crippen molar-refractivity contribution in [2.75, 3.05) is 20.3 Å². The summed E-state index contributed by atoms with van der Waals surface area (Å²) in [4.78, 5) is 24.7. The van der Waals surface area contributed by atoms with Crippen LogP contribution in [0.3, 0.4) is 0 Å². The molecule has 0 radical (unpaired) electrons. The Kier molecular flexibility index (Phi) is 6.22. The number of rotatable bonds is 6. The molecule has 1 atom stereocenters. The Morgan fingerprint density at radius 2 is 1.83 bits per heavy atom. The van der Waals surface area contributed by atoms with Gasteiger partial charge in [0.25, 0.3) is 0 Å². The normalized spacial score (nSPS) is 13.8. The third-order valence-corrected chi connectivity index (χ3v) is 4.72. The number of ketones is 1. The number of benzene rings is 2. The summed E-state index contributed by atoms with van der Waals surface area (Å²) in [6, 6.07) is 8.92. The summed E-state index contributed by atoms with van der Waals surface area (Å²) in [7, 11) is 1.54. The van der Waals surface area contributed by atoms with E-state index in [1.54, 1.807) is 37.3 Å². The molecule has 0 N–H and O–H groups in total. The van der Waals surface area contributed by atoms with E-state index in [-0.39, 0.29) is 5.78 Å². The van der Waals surface area contributed by atoms with Crippen molar-refractivity contribution in [1.82, 2.24) is 0 Å². The van der Waals surface area contributed by atoms with Crippen molar-refractivity contribution in [3.63, 3.8) is 0 Å². The van der Waals surface area contributed by atoms with E-state index < -0.39 is 12.1 Å². The van der Waals surface area contributed by atoms with E-state index in [9.17, 15) is 9.59 Å². The number of carbonyl (C=O) groups excluding carboxylic acids is 2. The van der Waals surface area contributed by atoms with Crippen molar-refractivity contribution in [3.05, 3.63) is 58.7 Å². The van der Waals surface area contributed by atoms with Crippen LogP contribution in [0.1, 0.15) is 34.0 Å². The minimum absolute atomic E-state index is 0.240. The Bertz CT molecular complexity index is 943. The van der Waals surface area contributed by atoms with E-state index >= 15 is 0 Å². The van der Waals surface area contributed by atoms with Gasteiger partial charge >= 0.3 is 5.97 Å². The van der Waals surface area contributed by atoms with Crippen LogP contribution in [0.4, 0.5) is 0 Å². The Hall–Kier alpha value is -3.28. The highest BCUT2D eigenvalue weighted by atomic mass is 16.6. The monoisotopic (exact) mass is 396 g/mol. The van der Waals surface area contributed by atoms with Gasteiger partial charge in [-0.05, 0) is 61.7 Å². The van der Waals surface area contributed by atoms with Gasteiger partial charge in [0.05, 0.1) is 7.11 Å². The molecule has 2 aromatic carbocycles. The Balaban J connectivity index is 1.67. The van der Waals surface area contributed by atoms with Gasteiger partial charge in [-0.2, -0.15) is 0 Å². The fourth-order valence-electron chi connectivity index (χ4n) is 2.95. The van der Waals surface area contributed by atoms with Crippen LogP contribution >= 0.6 is 0 Å². The Morgan fingerprint density at radius 3 is 2.55 bits per heavy atom. The van der Waals surface area contributed by atoms with Crippen LogP contribution < -0.4 is 14.2 Å². The fourth-order valence-corrected chi connectivity index (χ4v) is 2.95.